The summed E-state index contributed by atoms with van der Waals surface area (Å²) in [5.74, 6) is 0.333. The van der Waals surface area contributed by atoms with Crippen LogP contribution in [0.5, 0.6) is 0 Å². The van der Waals surface area contributed by atoms with Gasteiger partial charge in [-0.2, -0.15) is 0 Å². The standard InChI is InChI=1S/C22H24ClN3O2S/c23-17-9-7-16(8-10-17)20-14-18(25-28-20)22(27)24-15-19(21-6-5-13-29-21)26-11-3-1-2-4-12-26/h5-10,13-14,19H,1-4,11-12,15H2,(H,24,27)/t19-/m1/s1. The van der Waals surface area contributed by atoms with E-state index < -0.39 is 0 Å². The number of nitrogens with one attached hydrogen (secondary N) is 1. The van der Waals surface area contributed by atoms with Crippen LogP contribution in [0.1, 0.15) is 47.1 Å². The minimum atomic E-state index is -0.217. The zero-order chi connectivity index (χ0) is 20.1. The number of rotatable bonds is 6. The maximum absolute atomic E-state index is 12.7. The number of amides is 1. The number of likely N-dealkylation sites (tertiary alicyclic amines) is 1. The SMILES string of the molecule is O=C(NC[C@H](c1cccs1)N1CCCCCC1)c1cc(-c2ccc(Cl)cc2)on1. The highest BCUT2D eigenvalue weighted by Crippen LogP contribution is 2.27. The van der Waals surface area contributed by atoms with Crippen LogP contribution in [0.15, 0.2) is 52.4 Å². The van der Waals surface area contributed by atoms with Crippen LogP contribution in [-0.4, -0.2) is 35.6 Å². The van der Waals surface area contributed by atoms with E-state index in [1.54, 1.807) is 29.5 Å². The van der Waals surface area contributed by atoms with E-state index in [0.29, 0.717) is 17.3 Å². The molecule has 29 heavy (non-hydrogen) atoms. The Bertz CT molecular complexity index is 916. The van der Waals surface area contributed by atoms with Crippen molar-refractivity contribution in [1.29, 1.82) is 0 Å². The van der Waals surface area contributed by atoms with E-state index in [0.717, 1.165) is 18.7 Å². The fraction of sp³-hybridized carbons (Fsp3) is 0.364. The van der Waals surface area contributed by atoms with Crippen LogP contribution in [0.3, 0.4) is 0 Å². The van der Waals surface area contributed by atoms with Crippen LogP contribution < -0.4 is 5.32 Å². The van der Waals surface area contributed by atoms with Crippen molar-refractivity contribution < 1.29 is 9.32 Å². The smallest absolute Gasteiger partial charge is 0.273 e. The number of benzene rings is 1. The predicted molar refractivity (Wildman–Crippen MR) is 116 cm³/mol. The maximum Gasteiger partial charge on any atom is 0.273 e. The molecule has 0 aliphatic carbocycles. The lowest BCUT2D eigenvalue weighted by atomic mass is 10.1. The predicted octanol–water partition coefficient (Wildman–Crippen LogP) is 5.40. The van der Waals surface area contributed by atoms with Crippen molar-refractivity contribution in [3.05, 3.63) is 63.4 Å². The third-order valence-corrected chi connectivity index (χ3v) is 6.51. The Hall–Kier alpha value is -2.15. The largest absolute Gasteiger partial charge is 0.355 e. The van der Waals surface area contributed by atoms with Gasteiger partial charge in [-0.3, -0.25) is 9.69 Å². The molecule has 1 amide bonds. The minimum absolute atomic E-state index is 0.194. The summed E-state index contributed by atoms with van der Waals surface area (Å²) in [7, 11) is 0. The number of nitrogens with zero attached hydrogens (tertiary/aromatic N) is 2. The highest BCUT2D eigenvalue weighted by atomic mass is 35.5. The summed E-state index contributed by atoms with van der Waals surface area (Å²) in [6.45, 7) is 2.70. The van der Waals surface area contributed by atoms with E-state index in [4.69, 9.17) is 16.1 Å². The van der Waals surface area contributed by atoms with E-state index in [2.05, 4.69) is 32.9 Å². The summed E-state index contributed by atoms with van der Waals surface area (Å²) in [6, 6.07) is 13.3. The molecule has 0 radical (unpaired) electrons. The van der Waals surface area contributed by atoms with Crippen LogP contribution in [0.4, 0.5) is 0 Å². The second-order valence-electron chi connectivity index (χ2n) is 7.27. The molecule has 7 heteroatoms. The van der Waals surface area contributed by atoms with Gasteiger partial charge in [0, 0.05) is 28.1 Å². The third kappa shape index (κ3) is 5.07. The zero-order valence-corrected chi connectivity index (χ0v) is 17.7. The minimum Gasteiger partial charge on any atom is -0.355 e. The maximum atomic E-state index is 12.7. The normalized spacial score (nSPS) is 16.3. The number of hydrogen-bond acceptors (Lipinski definition) is 5. The number of carbonyl (C=O) groups is 1. The molecule has 152 valence electrons. The number of hydrogen-bond donors (Lipinski definition) is 1. The highest BCUT2D eigenvalue weighted by Gasteiger charge is 2.24. The van der Waals surface area contributed by atoms with E-state index in [1.807, 2.05) is 12.1 Å². The van der Waals surface area contributed by atoms with E-state index in [9.17, 15) is 4.79 Å². The van der Waals surface area contributed by atoms with Crippen molar-refractivity contribution in [2.24, 2.45) is 0 Å². The first-order valence-corrected chi connectivity index (χ1v) is 11.2. The van der Waals surface area contributed by atoms with Crippen molar-refractivity contribution in [3.63, 3.8) is 0 Å². The van der Waals surface area contributed by atoms with E-state index in [-0.39, 0.29) is 17.6 Å². The van der Waals surface area contributed by atoms with Crippen molar-refractivity contribution in [2.75, 3.05) is 19.6 Å². The molecular formula is C22H24ClN3O2S. The molecule has 1 aliphatic heterocycles. The van der Waals surface area contributed by atoms with Crippen LogP contribution >= 0.6 is 22.9 Å². The molecule has 1 fully saturated rings. The molecule has 0 spiro atoms. The molecule has 1 aromatic carbocycles. The van der Waals surface area contributed by atoms with Gasteiger partial charge in [-0.05, 0) is 61.6 Å². The quantitative estimate of drug-likeness (QED) is 0.569. The van der Waals surface area contributed by atoms with Crippen molar-refractivity contribution in [3.8, 4) is 11.3 Å². The van der Waals surface area contributed by atoms with Crippen molar-refractivity contribution in [1.82, 2.24) is 15.4 Å². The molecule has 5 nitrogen and oxygen atoms in total. The summed E-state index contributed by atoms with van der Waals surface area (Å²) < 4.78 is 5.36. The van der Waals surface area contributed by atoms with Gasteiger partial charge in [0.25, 0.3) is 5.91 Å². The summed E-state index contributed by atoms with van der Waals surface area (Å²) in [4.78, 5) is 16.5. The number of aromatic nitrogens is 1. The highest BCUT2D eigenvalue weighted by molar-refractivity contribution is 7.10. The summed E-state index contributed by atoms with van der Waals surface area (Å²) in [5, 5.41) is 9.76. The fourth-order valence-electron chi connectivity index (χ4n) is 3.71. The van der Waals surface area contributed by atoms with E-state index >= 15 is 0 Å². The van der Waals surface area contributed by atoms with Crippen LogP contribution in [0.2, 0.25) is 5.02 Å². The first-order valence-electron chi connectivity index (χ1n) is 9.99. The van der Waals surface area contributed by atoms with Gasteiger partial charge in [-0.1, -0.05) is 35.7 Å². The topological polar surface area (TPSA) is 58.4 Å². The Morgan fingerprint density at radius 3 is 2.62 bits per heavy atom. The molecule has 0 unspecified atom stereocenters. The molecule has 1 atom stereocenters. The Morgan fingerprint density at radius 2 is 1.93 bits per heavy atom. The molecule has 0 bridgehead atoms. The molecule has 1 saturated heterocycles. The molecule has 1 N–H and O–H groups in total. The Morgan fingerprint density at radius 1 is 1.17 bits per heavy atom. The molecule has 4 rings (SSSR count). The second kappa shape index (κ2) is 9.57. The average molecular weight is 430 g/mol. The number of thiophene rings is 1. The third-order valence-electron chi connectivity index (χ3n) is 5.28. The molecule has 1 aliphatic rings. The first-order chi connectivity index (χ1) is 14.2. The van der Waals surface area contributed by atoms with Gasteiger partial charge < -0.3 is 9.84 Å². The van der Waals surface area contributed by atoms with Gasteiger partial charge in [-0.15, -0.1) is 11.3 Å². The van der Waals surface area contributed by atoms with Crippen molar-refractivity contribution in [2.45, 2.75) is 31.7 Å². The van der Waals surface area contributed by atoms with Crippen LogP contribution in [0, 0.1) is 0 Å². The lowest BCUT2D eigenvalue weighted by Gasteiger charge is -2.30. The first kappa shape index (κ1) is 20.1. The molecule has 3 heterocycles. The Kier molecular flexibility index (Phi) is 6.64. The van der Waals surface area contributed by atoms with Gasteiger partial charge in [0.15, 0.2) is 11.5 Å². The molecule has 0 saturated carbocycles. The summed E-state index contributed by atoms with van der Waals surface area (Å²) in [5.41, 5.74) is 1.12. The number of halogens is 1. The lowest BCUT2D eigenvalue weighted by molar-refractivity contribution is 0.0925. The second-order valence-corrected chi connectivity index (χ2v) is 8.69. The van der Waals surface area contributed by atoms with Crippen LogP contribution in [-0.2, 0) is 0 Å². The summed E-state index contributed by atoms with van der Waals surface area (Å²) in [6.07, 6.45) is 4.99. The lowest BCUT2D eigenvalue weighted by Crippen LogP contribution is -2.38. The van der Waals surface area contributed by atoms with Gasteiger partial charge in [0.1, 0.15) is 0 Å². The Labute approximate surface area is 179 Å². The summed E-state index contributed by atoms with van der Waals surface area (Å²) >= 11 is 7.67. The van der Waals surface area contributed by atoms with Crippen molar-refractivity contribution >= 4 is 28.8 Å². The van der Waals surface area contributed by atoms with Crippen LogP contribution in [0.25, 0.3) is 11.3 Å². The average Bonchev–Trinajstić information content (AvgIpc) is 3.37. The monoisotopic (exact) mass is 429 g/mol. The molecular weight excluding hydrogens is 406 g/mol. The van der Waals surface area contributed by atoms with Gasteiger partial charge in [-0.25, -0.2) is 0 Å². The van der Waals surface area contributed by atoms with E-state index in [1.165, 1.54) is 30.6 Å². The molecule has 2 aromatic heterocycles. The number of carbonyl (C=O) groups excluding carboxylic acids is 1. The molecule has 3 aromatic rings. The zero-order valence-electron chi connectivity index (χ0n) is 16.1. The van der Waals surface area contributed by atoms with Gasteiger partial charge >= 0.3 is 0 Å². The Balaban J connectivity index is 1.43. The fourth-order valence-corrected chi connectivity index (χ4v) is 4.70. The van der Waals surface area contributed by atoms with Gasteiger partial charge in [0.2, 0.25) is 0 Å². The van der Waals surface area contributed by atoms with Gasteiger partial charge in [0.05, 0.1) is 6.04 Å².